The molecule has 0 bridgehead atoms. The summed E-state index contributed by atoms with van der Waals surface area (Å²) in [6.07, 6.45) is 3.64. The third-order valence-corrected chi connectivity index (χ3v) is 4.83. The minimum absolute atomic E-state index is 0.000650. The van der Waals surface area contributed by atoms with Crippen molar-refractivity contribution in [2.75, 3.05) is 20.3 Å². The average Bonchev–Trinajstić information content (AvgIpc) is 2.40. The van der Waals surface area contributed by atoms with E-state index in [1.807, 2.05) is 0 Å². The maximum atomic E-state index is 12.5. The standard InChI is InChI=1S/C15H30O3/c1-7-14(5,8-2)15(9-3,10-4)13(16)18-12-11-17-6/h7-12H2,1-6H3. The molecule has 0 rings (SSSR count). The highest BCUT2D eigenvalue weighted by atomic mass is 16.6. The van der Waals surface area contributed by atoms with Crippen molar-refractivity contribution in [1.82, 2.24) is 0 Å². The molecule has 18 heavy (non-hydrogen) atoms. The van der Waals surface area contributed by atoms with Gasteiger partial charge in [-0.3, -0.25) is 4.79 Å². The zero-order chi connectivity index (χ0) is 14.2. The van der Waals surface area contributed by atoms with Gasteiger partial charge in [0, 0.05) is 7.11 Å². The molecule has 0 unspecified atom stereocenters. The van der Waals surface area contributed by atoms with Crippen LogP contribution in [0, 0.1) is 10.8 Å². The predicted octanol–water partition coefficient (Wildman–Crippen LogP) is 3.81. The summed E-state index contributed by atoms with van der Waals surface area (Å²) in [6.45, 7) is 11.5. The minimum Gasteiger partial charge on any atom is -0.463 e. The molecule has 0 N–H and O–H groups in total. The molecule has 0 aromatic heterocycles. The van der Waals surface area contributed by atoms with Crippen molar-refractivity contribution in [3.05, 3.63) is 0 Å². The van der Waals surface area contributed by atoms with Gasteiger partial charge in [0.05, 0.1) is 12.0 Å². The lowest BCUT2D eigenvalue weighted by molar-refractivity contribution is -0.168. The van der Waals surface area contributed by atoms with Crippen molar-refractivity contribution in [2.45, 2.75) is 60.3 Å². The van der Waals surface area contributed by atoms with Crippen LogP contribution in [-0.4, -0.2) is 26.3 Å². The maximum absolute atomic E-state index is 12.5. The van der Waals surface area contributed by atoms with Gasteiger partial charge in [-0.05, 0) is 31.1 Å². The number of carbonyl (C=O) groups is 1. The number of methoxy groups -OCH3 is 1. The molecule has 108 valence electrons. The molecule has 0 amide bonds. The highest BCUT2D eigenvalue weighted by Crippen LogP contribution is 2.50. The third kappa shape index (κ3) is 3.25. The Balaban J connectivity index is 5.06. The second kappa shape index (κ2) is 7.78. The SMILES string of the molecule is CCC(C)(CC)C(CC)(CC)C(=O)OCCOC. The normalized spacial score (nSPS) is 12.6. The molecule has 0 atom stereocenters. The zero-order valence-corrected chi connectivity index (χ0v) is 13.0. The Morgan fingerprint density at radius 2 is 1.44 bits per heavy atom. The molecule has 0 aromatic carbocycles. The maximum Gasteiger partial charge on any atom is 0.312 e. The van der Waals surface area contributed by atoms with Gasteiger partial charge in [0.25, 0.3) is 0 Å². The molecule has 0 aliphatic rings. The van der Waals surface area contributed by atoms with Crippen LogP contribution >= 0.6 is 0 Å². The topological polar surface area (TPSA) is 35.5 Å². The summed E-state index contributed by atoms with van der Waals surface area (Å²) in [6, 6.07) is 0. The van der Waals surface area contributed by atoms with Crippen LogP contribution in [0.5, 0.6) is 0 Å². The fourth-order valence-electron chi connectivity index (χ4n) is 2.92. The highest BCUT2D eigenvalue weighted by Gasteiger charge is 2.50. The van der Waals surface area contributed by atoms with E-state index in [9.17, 15) is 4.79 Å². The van der Waals surface area contributed by atoms with E-state index < -0.39 is 0 Å². The van der Waals surface area contributed by atoms with E-state index >= 15 is 0 Å². The number of ether oxygens (including phenoxy) is 2. The van der Waals surface area contributed by atoms with Gasteiger partial charge < -0.3 is 9.47 Å². The lowest BCUT2D eigenvalue weighted by atomic mass is 9.58. The first-order valence-electron chi connectivity index (χ1n) is 7.14. The van der Waals surface area contributed by atoms with Gasteiger partial charge in [-0.25, -0.2) is 0 Å². The van der Waals surface area contributed by atoms with Gasteiger partial charge in [0.15, 0.2) is 0 Å². The monoisotopic (exact) mass is 258 g/mol. The van der Waals surface area contributed by atoms with E-state index in [-0.39, 0.29) is 16.8 Å². The van der Waals surface area contributed by atoms with Crippen LogP contribution in [0.25, 0.3) is 0 Å². The second-order valence-electron chi connectivity index (χ2n) is 5.19. The Morgan fingerprint density at radius 1 is 0.944 bits per heavy atom. The Labute approximate surface area is 112 Å². The smallest absolute Gasteiger partial charge is 0.312 e. The van der Waals surface area contributed by atoms with Crippen molar-refractivity contribution < 1.29 is 14.3 Å². The lowest BCUT2D eigenvalue weighted by Gasteiger charge is -2.45. The number of hydrogen-bond acceptors (Lipinski definition) is 3. The predicted molar refractivity (Wildman–Crippen MR) is 74.5 cm³/mol. The number of esters is 1. The van der Waals surface area contributed by atoms with Gasteiger partial charge in [-0.2, -0.15) is 0 Å². The van der Waals surface area contributed by atoms with Crippen molar-refractivity contribution in [3.63, 3.8) is 0 Å². The molecule has 3 nitrogen and oxygen atoms in total. The van der Waals surface area contributed by atoms with Crippen molar-refractivity contribution in [2.24, 2.45) is 10.8 Å². The summed E-state index contributed by atoms with van der Waals surface area (Å²) in [5.41, 5.74) is -0.370. The van der Waals surface area contributed by atoms with Gasteiger partial charge in [0.2, 0.25) is 0 Å². The van der Waals surface area contributed by atoms with Crippen LogP contribution in [0.2, 0.25) is 0 Å². The molecule has 0 heterocycles. The first-order chi connectivity index (χ1) is 8.47. The Hall–Kier alpha value is -0.570. The molecule has 0 saturated heterocycles. The van der Waals surface area contributed by atoms with E-state index in [0.717, 1.165) is 25.7 Å². The van der Waals surface area contributed by atoms with Crippen molar-refractivity contribution in [1.29, 1.82) is 0 Å². The molecular formula is C15H30O3. The summed E-state index contributed by atoms with van der Waals surface area (Å²) < 4.78 is 10.3. The number of hydrogen-bond donors (Lipinski definition) is 0. The Bertz CT molecular complexity index is 240. The van der Waals surface area contributed by atoms with Crippen LogP contribution in [0.4, 0.5) is 0 Å². The van der Waals surface area contributed by atoms with E-state index in [0.29, 0.717) is 13.2 Å². The average molecular weight is 258 g/mol. The lowest BCUT2D eigenvalue weighted by Crippen LogP contribution is -2.46. The fraction of sp³-hybridized carbons (Fsp3) is 0.933. The first kappa shape index (κ1) is 17.4. The Kier molecular flexibility index (Phi) is 7.53. The Morgan fingerprint density at radius 3 is 1.78 bits per heavy atom. The molecule has 0 aromatic rings. The van der Waals surface area contributed by atoms with E-state index in [1.54, 1.807) is 7.11 Å². The summed E-state index contributed by atoms with van der Waals surface area (Å²) in [5, 5.41) is 0. The van der Waals surface area contributed by atoms with E-state index in [4.69, 9.17) is 9.47 Å². The van der Waals surface area contributed by atoms with Gasteiger partial charge in [-0.1, -0.05) is 34.6 Å². The second-order valence-corrected chi connectivity index (χ2v) is 5.19. The van der Waals surface area contributed by atoms with E-state index in [1.165, 1.54) is 0 Å². The molecule has 3 heteroatoms. The summed E-state index contributed by atoms with van der Waals surface area (Å²) in [5.74, 6) is -0.0595. The van der Waals surface area contributed by atoms with Crippen LogP contribution in [-0.2, 0) is 14.3 Å². The zero-order valence-electron chi connectivity index (χ0n) is 13.0. The molecule has 0 aliphatic carbocycles. The van der Waals surface area contributed by atoms with E-state index in [2.05, 4.69) is 34.6 Å². The van der Waals surface area contributed by atoms with Gasteiger partial charge >= 0.3 is 5.97 Å². The molecule has 0 fully saturated rings. The number of rotatable bonds is 9. The first-order valence-corrected chi connectivity index (χ1v) is 7.14. The molecule has 0 aliphatic heterocycles. The molecular weight excluding hydrogens is 228 g/mol. The largest absolute Gasteiger partial charge is 0.463 e. The van der Waals surface area contributed by atoms with Crippen LogP contribution in [0.1, 0.15) is 60.3 Å². The summed E-state index contributed by atoms with van der Waals surface area (Å²) in [4.78, 5) is 12.5. The molecule has 0 radical (unpaired) electrons. The van der Waals surface area contributed by atoms with Crippen LogP contribution in [0.3, 0.4) is 0 Å². The molecule has 0 spiro atoms. The molecule has 0 saturated carbocycles. The van der Waals surface area contributed by atoms with Gasteiger partial charge in [-0.15, -0.1) is 0 Å². The van der Waals surface area contributed by atoms with Crippen molar-refractivity contribution >= 4 is 5.97 Å². The summed E-state index contributed by atoms with van der Waals surface area (Å²) in [7, 11) is 1.61. The number of carbonyl (C=O) groups excluding carboxylic acids is 1. The van der Waals surface area contributed by atoms with Crippen molar-refractivity contribution in [3.8, 4) is 0 Å². The minimum atomic E-state index is -0.371. The fourth-order valence-corrected chi connectivity index (χ4v) is 2.92. The highest BCUT2D eigenvalue weighted by molar-refractivity contribution is 5.77. The third-order valence-electron chi connectivity index (χ3n) is 4.83. The van der Waals surface area contributed by atoms with Gasteiger partial charge in [0.1, 0.15) is 6.61 Å². The van der Waals surface area contributed by atoms with Crippen LogP contribution in [0.15, 0.2) is 0 Å². The van der Waals surface area contributed by atoms with Crippen LogP contribution < -0.4 is 0 Å². The quantitative estimate of drug-likeness (QED) is 0.466. The summed E-state index contributed by atoms with van der Waals surface area (Å²) >= 11 is 0.